The van der Waals surface area contributed by atoms with E-state index in [1.54, 1.807) is 11.0 Å². The van der Waals surface area contributed by atoms with Crippen LogP contribution in [0.2, 0.25) is 0 Å². The molecule has 1 atom stereocenters. The van der Waals surface area contributed by atoms with E-state index in [4.69, 9.17) is 9.15 Å². The van der Waals surface area contributed by atoms with Crippen molar-refractivity contribution in [3.63, 3.8) is 0 Å². The van der Waals surface area contributed by atoms with Crippen LogP contribution >= 0.6 is 0 Å². The van der Waals surface area contributed by atoms with Crippen LogP contribution in [0.1, 0.15) is 11.1 Å². The lowest BCUT2D eigenvalue weighted by molar-refractivity contribution is -0.116. The number of morpholine rings is 1. The third-order valence-electron chi connectivity index (χ3n) is 6.28. The first-order chi connectivity index (χ1) is 18.6. The van der Waals surface area contributed by atoms with Gasteiger partial charge in [0.1, 0.15) is 11.6 Å². The number of halogens is 2. The second-order valence-corrected chi connectivity index (χ2v) is 8.72. The van der Waals surface area contributed by atoms with Gasteiger partial charge >= 0.3 is 6.01 Å². The molecule has 2 aliphatic rings. The number of aliphatic imine (C=N–C) groups is 1. The van der Waals surface area contributed by atoms with E-state index in [1.807, 2.05) is 48.5 Å². The van der Waals surface area contributed by atoms with E-state index < -0.39 is 23.7 Å². The zero-order valence-corrected chi connectivity index (χ0v) is 20.0. The molecule has 0 spiro atoms. The molecule has 0 unspecified atom stereocenters. The van der Waals surface area contributed by atoms with E-state index in [-0.39, 0.29) is 23.2 Å². The number of carbonyl (C=O) groups is 1. The number of aromatic nitrogens is 2. The number of carbonyl (C=O) groups excluding carboxylic acids is 1. The van der Waals surface area contributed by atoms with Gasteiger partial charge in [0, 0.05) is 30.3 Å². The molecule has 6 rings (SSSR count). The van der Waals surface area contributed by atoms with Gasteiger partial charge in [0.15, 0.2) is 0 Å². The van der Waals surface area contributed by atoms with Crippen LogP contribution in [0.15, 0.2) is 76.1 Å². The molecular weight excluding hydrogens is 494 g/mol. The average Bonchev–Trinajstić information content (AvgIpc) is 3.34. The minimum atomic E-state index is -1.12. The third-order valence-corrected chi connectivity index (χ3v) is 6.28. The Morgan fingerprint density at radius 2 is 1.74 bits per heavy atom. The highest BCUT2D eigenvalue weighted by Crippen LogP contribution is 2.35. The Labute approximate surface area is 216 Å². The second kappa shape index (κ2) is 10.0. The summed E-state index contributed by atoms with van der Waals surface area (Å²) in [5, 5.41) is 13.7. The van der Waals surface area contributed by atoms with Gasteiger partial charge in [-0.25, -0.2) is 13.8 Å². The fourth-order valence-corrected chi connectivity index (χ4v) is 4.51. The van der Waals surface area contributed by atoms with Gasteiger partial charge in [0.05, 0.1) is 35.9 Å². The molecule has 3 aromatic carbocycles. The minimum absolute atomic E-state index is 0.0277. The fourth-order valence-electron chi connectivity index (χ4n) is 4.51. The monoisotopic (exact) mass is 516 g/mol. The first-order valence-corrected chi connectivity index (χ1v) is 12.0. The molecule has 1 amide bonds. The van der Waals surface area contributed by atoms with E-state index in [0.29, 0.717) is 37.7 Å². The van der Waals surface area contributed by atoms with Gasteiger partial charge in [-0.2, -0.15) is 0 Å². The number of benzodiazepines with no additional fused rings is 1. The Kier molecular flexibility index (Phi) is 6.26. The summed E-state index contributed by atoms with van der Waals surface area (Å²) in [5.74, 6) is -2.15. The van der Waals surface area contributed by atoms with E-state index in [9.17, 15) is 13.6 Å². The van der Waals surface area contributed by atoms with Crippen molar-refractivity contribution in [1.29, 1.82) is 0 Å². The van der Waals surface area contributed by atoms with Gasteiger partial charge in [-0.05, 0) is 12.1 Å². The number of rotatable bonds is 5. The summed E-state index contributed by atoms with van der Waals surface area (Å²) in [5.41, 5.74) is 3.03. The Bertz CT molecular complexity index is 1520. The van der Waals surface area contributed by atoms with Crippen molar-refractivity contribution in [2.24, 2.45) is 4.99 Å². The lowest BCUT2D eigenvalue weighted by Gasteiger charge is -2.30. The smallest absolute Gasteiger partial charge is 0.317 e. The van der Waals surface area contributed by atoms with Crippen LogP contribution in [0.25, 0.3) is 11.5 Å². The van der Waals surface area contributed by atoms with Crippen molar-refractivity contribution in [2.75, 3.05) is 41.8 Å². The molecular formula is C27H22F2N6O3. The number of hydrogen-bond acceptors (Lipinski definition) is 8. The molecule has 192 valence electrons. The highest BCUT2D eigenvalue weighted by molar-refractivity contribution is 6.19. The Morgan fingerprint density at radius 3 is 2.55 bits per heavy atom. The van der Waals surface area contributed by atoms with E-state index in [0.717, 1.165) is 17.2 Å². The van der Waals surface area contributed by atoms with Gasteiger partial charge < -0.3 is 24.7 Å². The Hall–Kier alpha value is -4.64. The summed E-state index contributed by atoms with van der Waals surface area (Å²) in [6.45, 7) is 1.76. The largest absolute Gasteiger partial charge is 0.403 e. The fraction of sp³-hybridized carbons (Fsp3) is 0.185. The number of nitrogens with zero attached hydrogens (tertiary/aromatic N) is 4. The van der Waals surface area contributed by atoms with Crippen LogP contribution in [-0.4, -0.2) is 54.3 Å². The number of benzene rings is 3. The molecule has 1 saturated heterocycles. The maximum absolute atomic E-state index is 15.0. The molecule has 0 bridgehead atoms. The molecule has 1 fully saturated rings. The molecule has 9 nitrogen and oxygen atoms in total. The third kappa shape index (κ3) is 4.59. The topological polar surface area (TPSA) is 105 Å². The maximum Gasteiger partial charge on any atom is 0.317 e. The number of para-hydroxylation sites is 1. The van der Waals surface area contributed by atoms with Crippen LogP contribution in [0.5, 0.6) is 0 Å². The van der Waals surface area contributed by atoms with Gasteiger partial charge in [0.2, 0.25) is 6.17 Å². The van der Waals surface area contributed by atoms with Gasteiger partial charge in [-0.3, -0.25) is 4.79 Å². The number of nitrogens with one attached hydrogen (secondary N) is 2. The Balaban J connectivity index is 1.35. The van der Waals surface area contributed by atoms with Gasteiger partial charge in [-0.15, -0.1) is 5.10 Å². The van der Waals surface area contributed by atoms with Crippen LogP contribution < -0.4 is 15.5 Å². The first-order valence-electron chi connectivity index (χ1n) is 12.0. The van der Waals surface area contributed by atoms with Crippen LogP contribution in [0, 0.1) is 11.6 Å². The van der Waals surface area contributed by atoms with Crippen molar-refractivity contribution in [3.8, 4) is 11.5 Å². The number of ether oxygens (including phenoxy) is 1. The zero-order chi connectivity index (χ0) is 26.1. The lowest BCUT2D eigenvalue weighted by atomic mass is 10.0. The normalized spacial score (nSPS) is 17.3. The predicted octanol–water partition coefficient (Wildman–Crippen LogP) is 4.08. The van der Waals surface area contributed by atoms with Crippen molar-refractivity contribution in [3.05, 3.63) is 89.5 Å². The number of fused-ring (bicyclic) bond motifs is 1. The summed E-state index contributed by atoms with van der Waals surface area (Å²) < 4.78 is 40.2. The van der Waals surface area contributed by atoms with Crippen molar-refractivity contribution < 1.29 is 22.7 Å². The lowest BCUT2D eigenvalue weighted by Crippen LogP contribution is -2.36. The average molecular weight is 517 g/mol. The summed E-state index contributed by atoms with van der Waals surface area (Å²) in [6.07, 6.45) is -1.12. The maximum atomic E-state index is 15.0. The van der Waals surface area contributed by atoms with Crippen LogP contribution in [0.4, 0.5) is 26.2 Å². The zero-order valence-electron chi connectivity index (χ0n) is 20.0. The molecule has 3 heterocycles. The number of hydrogen-bond donors (Lipinski definition) is 2. The molecule has 0 aliphatic carbocycles. The molecule has 0 radical (unpaired) electrons. The summed E-state index contributed by atoms with van der Waals surface area (Å²) in [6, 6.07) is 18.7. The summed E-state index contributed by atoms with van der Waals surface area (Å²) >= 11 is 0. The standard InChI is InChI=1S/C27H22F2N6O3/c28-17-14-19(29)22(21(15-17)35-10-12-37-13-11-35)26-33-34-27(38-26)32-24-25(36)30-20-9-5-4-8-18(20)23(31-24)16-6-2-1-3-7-16/h1-9,14-15,24H,10-13H2,(H,30,36)(H,32,34)/t24-/m1/s1. The summed E-state index contributed by atoms with van der Waals surface area (Å²) in [4.78, 5) is 19.6. The SMILES string of the molecule is O=C1Nc2ccccc2C(c2ccccc2)=N[C@@H]1Nc1nnc(-c2c(F)cc(F)cc2N2CCOCC2)o1. The number of anilines is 3. The summed E-state index contributed by atoms with van der Waals surface area (Å²) in [7, 11) is 0. The van der Waals surface area contributed by atoms with Gasteiger partial charge in [0.25, 0.3) is 11.8 Å². The molecule has 11 heteroatoms. The van der Waals surface area contributed by atoms with Crippen molar-refractivity contribution in [1.82, 2.24) is 10.2 Å². The predicted molar refractivity (Wildman–Crippen MR) is 137 cm³/mol. The molecule has 2 aliphatic heterocycles. The minimum Gasteiger partial charge on any atom is -0.403 e. The van der Waals surface area contributed by atoms with E-state index >= 15 is 0 Å². The molecule has 1 aromatic heterocycles. The first kappa shape index (κ1) is 23.7. The van der Waals surface area contributed by atoms with Gasteiger partial charge in [-0.1, -0.05) is 53.6 Å². The van der Waals surface area contributed by atoms with Crippen molar-refractivity contribution in [2.45, 2.75) is 6.17 Å². The second-order valence-electron chi connectivity index (χ2n) is 8.72. The van der Waals surface area contributed by atoms with Crippen LogP contribution in [0.3, 0.4) is 0 Å². The van der Waals surface area contributed by atoms with E-state index in [1.165, 1.54) is 6.07 Å². The highest BCUT2D eigenvalue weighted by Gasteiger charge is 2.28. The number of amides is 1. The molecule has 4 aromatic rings. The molecule has 38 heavy (non-hydrogen) atoms. The molecule has 2 N–H and O–H groups in total. The highest BCUT2D eigenvalue weighted by atomic mass is 19.1. The Morgan fingerprint density at radius 1 is 0.974 bits per heavy atom. The van der Waals surface area contributed by atoms with Crippen molar-refractivity contribution >= 4 is 29.0 Å². The molecule has 0 saturated carbocycles. The van der Waals surface area contributed by atoms with Crippen LogP contribution in [-0.2, 0) is 9.53 Å². The van der Waals surface area contributed by atoms with E-state index in [2.05, 4.69) is 25.8 Å². The quantitative estimate of drug-likeness (QED) is 0.412.